The van der Waals surface area contributed by atoms with Gasteiger partial charge in [-0.15, -0.1) is 0 Å². The van der Waals surface area contributed by atoms with Gasteiger partial charge < -0.3 is 4.42 Å². The van der Waals surface area contributed by atoms with E-state index in [0.29, 0.717) is 11.1 Å². The third kappa shape index (κ3) is 2.08. The summed E-state index contributed by atoms with van der Waals surface area (Å²) < 4.78 is 6.09. The third-order valence-electron chi connectivity index (χ3n) is 4.67. The summed E-state index contributed by atoms with van der Waals surface area (Å²) in [6.07, 6.45) is 0. The highest BCUT2D eigenvalue weighted by Gasteiger charge is 2.18. The van der Waals surface area contributed by atoms with Gasteiger partial charge in [0.15, 0.2) is 5.78 Å². The second-order valence-corrected chi connectivity index (χ2v) is 6.14. The lowest BCUT2D eigenvalue weighted by Gasteiger charge is -2.07. The number of carbonyl (C=O) groups is 1. The normalized spacial score (nSPS) is 11.4. The Hall–Kier alpha value is -3.39. The lowest BCUT2D eigenvalue weighted by molar-refractivity contribution is 0.104. The molecule has 1 heterocycles. The number of rotatable bonds is 2. The summed E-state index contributed by atoms with van der Waals surface area (Å²) in [5, 5.41) is 3.90. The molecular weight excluding hydrogens is 308 g/mol. The molecule has 0 bridgehead atoms. The van der Waals surface area contributed by atoms with Gasteiger partial charge in [0.2, 0.25) is 0 Å². The minimum Gasteiger partial charge on any atom is -0.455 e. The van der Waals surface area contributed by atoms with Crippen LogP contribution in [0.2, 0.25) is 0 Å². The molecule has 0 saturated carbocycles. The summed E-state index contributed by atoms with van der Waals surface area (Å²) in [4.78, 5) is 13.1. The van der Waals surface area contributed by atoms with Crippen LogP contribution >= 0.6 is 0 Å². The maximum atomic E-state index is 13.1. The smallest absolute Gasteiger partial charge is 0.193 e. The van der Waals surface area contributed by atoms with Gasteiger partial charge in [0.25, 0.3) is 0 Å². The van der Waals surface area contributed by atoms with Gasteiger partial charge in [-0.1, -0.05) is 72.8 Å². The second kappa shape index (κ2) is 5.32. The largest absolute Gasteiger partial charge is 0.455 e. The Morgan fingerprint density at radius 1 is 0.640 bits per heavy atom. The summed E-state index contributed by atoms with van der Waals surface area (Å²) in [6, 6.07) is 27.3. The fourth-order valence-electron chi connectivity index (χ4n) is 3.48. The summed E-state index contributed by atoms with van der Waals surface area (Å²) in [5.74, 6) is 0.0315. The number of hydrogen-bond acceptors (Lipinski definition) is 2. The molecule has 118 valence electrons. The number of fused-ring (bicyclic) bond motifs is 5. The highest BCUT2D eigenvalue weighted by atomic mass is 16.3. The summed E-state index contributed by atoms with van der Waals surface area (Å²) >= 11 is 0. The SMILES string of the molecule is O=C(c1ccccc1)c1cc2c3ccccc3oc2c2ccccc12. The predicted octanol–water partition coefficient (Wildman–Crippen LogP) is 5.97. The van der Waals surface area contributed by atoms with Crippen LogP contribution in [0.4, 0.5) is 0 Å². The van der Waals surface area contributed by atoms with Gasteiger partial charge in [0.1, 0.15) is 11.2 Å². The summed E-state index contributed by atoms with van der Waals surface area (Å²) in [6.45, 7) is 0. The van der Waals surface area contributed by atoms with Gasteiger partial charge in [-0.2, -0.15) is 0 Å². The molecule has 1 aromatic heterocycles. The Labute approximate surface area is 144 Å². The molecule has 5 rings (SSSR count). The van der Waals surface area contributed by atoms with Crippen molar-refractivity contribution in [2.45, 2.75) is 0 Å². The van der Waals surface area contributed by atoms with E-state index >= 15 is 0 Å². The van der Waals surface area contributed by atoms with Gasteiger partial charge in [0.05, 0.1) is 0 Å². The fraction of sp³-hybridized carbons (Fsp3) is 0. The zero-order valence-electron chi connectivity index (χ0n) is 13.4. The van der Waals surface area contributed by atoms with Crippen molar-refractivity contribution in [3.8, 4) is 0 Å². The molecule has 0 atom stereocenters. The Morgan fingerprint density at radius 2 is 1.28 bits per heavy atom. The topological polar surface area (TPSA) is 30.2 Å². The first-order valence-corrected chi connectivity index (χ1v) is 8.26. The fourth-order valence-corrected chi connectivity index (χ4v) is 3.48. The van der Waals surface area contributed by atoms with E-state index in [-0.39, 0.29) is 5.78 Å². The van der Waals surface area contributed by atoms with Crippen LogP contribution < -0.4 is 0 Å². The number of carbonyl (C=O) groups excluding carboxylic acids is 1. The average Bonchev–Trinajstić information content (AvgIpc) is 3.06. The molecule has 0 saturated heterocycles. The van der Waals surface area contributed by atoms with E-state index in [1.807, 2.05) is 84.9 Å². The van der Waals surface area contributed by atoms with Gasteiger partial charge in [-0.25, -0.2) is 0 Å². The molecule has 0 aliphatic heterocycles. The first-order chi connectivity index (χ1) is 12.3. The van der Waals surface area contributed by atoms with Crippen molar-refractivity contribution in [2.75, 3.05) is 0 Å². The Morgan fingerprint density at radius 3 is 2.08 bits per heavy atom. The predicted molar refractivity (Wildman–Crippen MR) is 101 cm³/mol. The molecule has 2 heteroatoms. The van der Waals surface area contributed by atoms with Crippen LogP contribution in [0.15, 0.2) is 89.3 Å². The number of para-hydroxylation sites is 1. The van der Waals surface area contributed by atoms with E-state index in [1.165, 1.54) is 0 Å². The first kappa shape index (κ1) is 14.0. The standard InChI is InChI=1S/C23H14O2/c24-22(15-8-2-1-3-9-15)19-14-20-17-11-6-7-13-21(17)25-23(20)18-12-5-4-10-16(18)19/h1-14H. The lowest BCUT2D eigenvalue weighted by Crippen LogP contribution is -2.02. The number of ketones is 1. The Balaban J connectivity index is 1.91. The molecule has 0 fully saturated rings. The minimum absolute atomic E-state index is 0.0315. The van der Waals surface area contributed by atoms with Crippen molar-refractivity contribution < 1.29 is 9.21 Å². The van der Waals surface area contributed by atoms with Gasteiger partial charge in [-0.3, -0.25) is 4.79 Å². The number of furan rings is 1. The van der Waals surface area contributed by atoms with Crippen LogP contribution in [-0.4, -0.2) is 5.78 Å². The van der Waals surface area contributed by atoms with E-state index < -0.39 is 0 Å². The zero-order valence-corrected chi connectivity index (χ0v) is 13.4. The molecule has 0 aliphatic carbocycles. The van der Waals surface area contributed by atoms with Crippen molar-refractivity contribution in [3.05, 3.63) is 96.1 Å². The third-order valence-corrected chi connectivity index (χ3v) is 4.67. The van der Waals surface area contributed by atoms with Crippen LogP contribution in [-0.2, 0) is 0 Å². The van der Waals surface area contributed by atoms with Gasteiger partial charge in [-0.05, 0) is 17.5 Å². The van der Waals surface area contributed by atoms with E-state index in [0.717, 1.165) is 32.7 Å². The monoisotopic (exact) mass is 322 g/mol. The molecule has 0 spiro atoms. The minimum atomic E-state index is 0.0315. The van der Waals surface area contributed by atoms with Crippen molar-refractivity contribution in [1.82, 2.24) is 0 Å². The van der Waals surface area contributed by atoms with Crippen LogP contribution in [0.25, 0.3) is 32.7 Å². The molecule has 0 amide bonds. The Bertz CT molecular complexity index is 1250. The number of benzene rings is 4. The molecule has 25 heavy (non-hydrogen) atoms. The molecule has 2 nitrogen and oxygen atoms in total. The maximum absolute atomic E-state index is 13.1. The highest BCUT2D eigenvalue weighted by molar-refractivity contribution is 6.24. The Kier molecular flexibility index (Phi) is 2.98. The van der Waals surface area contributed by atoms with Crippen molar-refractivity contribution in [2.24, 2.45) is 0 Å². The van der Waals surface area contributed by atoms with Gasteiger partial charge >= 0.3 is 0 Å². The quantitative estimate of drug-likeness (QED) is 0.375. The van der Waals surface area contributed by atoms with Crippen molar-refractivity contribution >= 4 is 38.5 Å². The van der Waals surface area contributed by atoms with E-state index in [4.69, 9.17) is 4.42 Å². The molecule has 0 unspecified atom stereocenters. The van der Waals surface area contributed by atoms with Crippen LogP contribution in [0.1, 0.15) is 15.9 Å². The first-order valence-electron chi connectivity index (χ1n) is 8.26. The maximum Gasteiger partial charge on any atom is 0.193 e. The van der Waals surface area contributed by atoms with Crippen molar-refractivity contribution in [1.29, 1.82) is 0 Å². The van der Waals surface area contributed by atoms with Crippen LogP contribution in [0, 0.1) is 0 Å². The molecule has 0 N–H and O–H groups in total. The molecule has 5 aromatic rings. The van der Waals surface area contributed by atoms with Crippen LogP contribution in [0.5, 0.6) is 0 Å². The average molecular weight is 322 g/mol. The second-order valence-electron chi connectivity index (χ2n) is 6.14. The molecule has 4 aromatic carbocycles. The molecule has 0 aliphatic rings. The summed E-state index contributed by atoms with van der Waals surface area (Å²) in [5.41, 5.74) is 3.08. The van der Waals surface area contributed by atoms with E-state index in [9.17, 15) is 4.79 Å². The van der Waals surface area contributed by atoms with Gasteiger partial charge in [0, 0.05) is 27.3 Å². The molecule has 0 radical (unpaired) electrons. The zero-order chi connectivity index (χ0) is 16.8. The molecular formula is C23H14O2. The van der Waals surface area contributed by atoms with E-state index in [1.54, 1.807) is 0 Å². The summed E-state index contributed by atoms with van der Waals surface area (Å²) in [7, 11) is 0. The van der Waals surface area contributed by atoms with Crippen LogP contribution in [0.3, 0.4) is 0 Å². The van der Waals surface area contributed by atoms with Crippen molar-refractivity contribution in [3.63, 3.8) is 0 Å². The van der Waals surface area contributed by atoms with E-state index in [2.05, 4.69) is 0 Å². The highest BCUT2D eigenvalue weighted by Crippen LogP contribution is 2.36. The lowest BCUT2D eigenvalue weighted by atomic mass is 9.95. The number of hydrogen-bond donors (Lipinski definition) is 0.